The van der Waals surface area contributed by atoms with E-state index in [0.717, 1.165) is 0 Å². The molecule has 0 saturated heterocycles. The number of rotatable bonds is 4. The second-order valence-corrected chi connectivity index (χ2v) is 5.24. The summed E-state index contributed by atoms with van der Waals surface area (Å²) in [6, 6.07) is 0. The quantitative estimate of drug-likeness (QED) is 0.484. The van der Waals surface area contributed by atoms with Crippen LogP contribution in [0.2, 0.25) is 0 Å². The van der Waals surface area contributed by atoms with Crippen molar-refractivity contribution >= 4 is 10.9 Å². The molecule has 0 N–H and O–H groups in total. The third-order valence-electron chi connectivity index (χ3n) is 2.18. The third-order valence-corrected chi connectivity index (χ3v) is 4.23. The van der Waals surface area contributed by atoms with E-state index in [0.29, 0.717) is 0 Å². The first-order valence-electron chi connectivity index (χ1n) is 4.75. The molecule has 1 aliphatic rings. The Morgan fingerprint density at radius 2 is 2.36 bits per heavy atom. The topological polar surface area (TPSA) is 0 Å². The van der Waals surface area contributed by atoms with Gasteiger partial charge in [0.05, 0.1) is 10.9 Å². The van der Waals surface area contributed by atoms with Crippen LogP contribution in [-0.4, -0.2) is 6.26 Å². The Hall–Kier alpha value is -0.950. The van der Waals surface area contributed by atoms with Crippen molar-refractivity contribution in [1.29, 1.82) is 0 Å². The number of hydrogen-bond acceptors (Lipinski definition) is 0. The zero-order valence-corrected chi connectivity index (χ0v) is 9.52. The summed E-state index contributed by atoms with van der Waals surface area (Å²) in [5, 5.41) is 0. The molecule has 1 rings (SSSR count). The van der Waals surface area contributed by atoms with Crippen molar-refractivity contribution in [2.45, 2.75) is 12.8 Å². The van der Waals surface area contributed by atoms with Crippen molar-refractivity contribution in [3.8, 4) is 0 Å². The fourth-order valence-electron chi connectivity index (χ4n) is 1.28. The van der Waals surface area contributed by atoms with Crippen LogP contribution in [0.5, 0.6) is 0 Å². The SMILES string of the molecule is C=C/C=C\C(=C)[S+](C)C1=CC=CCC1. The van der Waals surface area contributed by atoms with Gasteiger partial charge in [-0.05, 0) is 25.2 Å². The Bertz CT molecular complexity index is 305. The van der Waals surface area contributed by atoms with Gasteiger partial charge in [-0.15, -0.1) is 0 Å². The molecule has 14 heavy (non-hydrogen) atoms. The van der Waals surface area contributed by atoms with Crippen LogP contribution in [-0.2, 0) is 10.9 Å². The van der Waals surface area contributed by atoms with Gasteiger partial charge in [0, 0.05) is 6.42 Å². The highest BCUT2D eigenvalue weighted by atomic mass is 32.2. The molecule has 74 valence electrons. The van der Waals surface area contributed by atoms with Crippen LogP contribution in [0, 0.1) is 0 Å². The van der Waals surface area contributed by atoms with Gasteiger partial charge in [-0.1, -0.05) is 30.9 Å². The van der Waals surface area contributed by atoms with E-state index in [9.17, 15) is 0 Å². The average molecular weight is 205 g/mol. The van der Waals surface area contributed by atoms with Gasteiger partial charge >= 0.3 is 0 Å². The van der Waals surface area contributed by atoms with Crippen molar-refractivity contribution in [3.63, 3.8) is 0 Å². The lowest BCUT2D eigenvalue weighted by atomic mass is 10.2. The van der Waals surface area contributed by atoms with Crippen molar-refractivity contribution < 1.29 is 0 Å². The maximum Gasteiger partial charge on any atom is 0.152 e. The third kappa shape index (κ3) is 3.08. The summed E-state index contributed by atoms with van der Waals surface area (Å²) < 4.78 is 0. The molecule has 0 radical (unpaired) electrons. The molecule has 0 fully saturated rings. The predicted octanol–water partition coefficient (Wildman–Crippen LogP) is 3.72. The summed E-state index contributed by atoms with van der Waals surface area (Å²) in [7, 11) is 0.178. The molecule has 0 aromatic rings. The molecule has 0 nitrogen and oxygen atoms in total. The number of hydrogen-bond donors (Lipinski definition) is 0. The van der Waals surface area contributed by atoms with E-state index in [4.69, 9.17) is 0 Å². The molecule has 0 amide bonds. The van der Waals surface area contributed by atoms with Gasteiger partial charge < -0.3 is 0 Å². The van der Waals surface area contributed by atoms with Crippen LogP contribution < -0.4 is 0 Å². The fourth-order valence-corrected chi connectivity index (χ4v) is 2.61. The van der Waals surface area contributed by atoms with Gasteiger partial charge in [0.15, 0.2) is 4.91 Å². The van der Waals surface area contributed by atoms with E-state index >= 15 is 0 Å². The predicted molar refractivity (Wildman–Crippen MR) is 68.2 cm³/mol. The fraction of sp³-hybridized carbons (Fsp3) is 0.231. The molecule has 1 unspecified atom stereocenters. The first-order chi connectivity index (χ1) is 6.75. The van der Waals surface area contributed by atoms with E-state index in [-0.39, 0.29) is 10.9 Å². The minimum atomic E-state index is 0.178. The molecular weight excluding hydrogens is 188 g/mol. The van der Waals surface area contributed by atoms with E-state index in [1.807, 2.05) is 6.08 Å². The van der Waals surface area contributed by atoms with Crippen molar-refractivity contribution in [3.05, 3.63) is 59.4 Å². The van der Waals surface area contributed by atoms with E-state index < -0.39 is 0 Å². The summed E-state index contributed by atoms with van der Waals surface area (Å²) in [6.45, 7) is 7.73. The van der Waals surface area contributed by atoms with E-state index in [1.54, 1.807) is 6.08 Å². The lowest BCUT2D eigenvalue weighted by Crippen LogP contribution is -2.05. The standard InChI is InChI=1S/C13H17S/c1-4-5-9-12(2)14(3)13-10-7-6-8-11-13/h4-7,9-10H,1-2,8,11H2,3H3/q+1/b9-5-. The normalized spacial score (nSPS) is 17.9. The van der Waals surface area contributed by atoms with E-state index in [2.05, 4.69) is 43.7 Å². The van der Waals surface area contributed by atoms with Crippen molar-refractivity contribution in [1.82, 2.24) is 0 Å². The smallest absolute Gasteiger partial charge is 0.0991 e. The molecule has 0 spiro atoms. The lowest BCUT2D eigenvalue weighted by Gasteiger charge is -2.07. The Labute approximate surface area is 89.8 Å². The highest BCUT2D eigenvalue weighted by molar-refractivity contribution is 8.03. The summed E-state index contributed by atoms with van der Waals surface area (Å²) in [5.74, 6) is 0. The largest absolute Gasteiger partial charge is 0.152 e. The Balaban J connectivity index is 2.64. The second kappa shape index (κ2) is 5.71. The van der Waals surface area contributed by atoms with Gasteiger partial charge in [-0.2, -0.15) is 0 Å². The average Bonchev–Trinajstić information content (AvgIpc) is 2.26. The van der Waals surface area contributed by atoms with Gasteiger partial charge in [-0.25, -0.2) is 0 Å². The van der Waals surface area contributed by atoms with Gasteiger partial charge in [0.25, 0.3) is 0 Å². The molecule has 0 aromatic carbocycles. The molecule has 0 bridgehead atoms. The molecule has 1 aliphatic carbocycles. The maximum atomic E-state index is 4.08. The minimum Gasteiger partial charge on any atom is -0.0991 e. The summed E-state index contributed by atoms with van der Waals surface area (Å²) in [6.07, 6.45) is 17.0. The van der Waals surface area contributed by atoms with Crippen LogP contribution in [0.15, 0.2) is 59.4 Å². The maximum absolute atomic E-state index is 4.08. The Kier molecular flexibility index (Phi) is 4.54. The van der Waals surface area contributed by atoms with Gasteiger partial charge in [-0.3, -0.25) is 0 Å². The molecule has 0 heterocycles. The highest BCUT2D eigenvalue weighted by Gasteiger charge is 2.21. The van der Waals surface area contributed by atoms with Crippen LogP contribution >= 0.6 is 0 Å². The van der Waals surface area contributed by atoms with Crippen molar-refractivity contribution in [2.75, 3.05) is 6.26 Å². The first kappa shape index (κ1) is 11.1. The van der Waals surface area contributed by atoms with Crippen LogP contribution in [0.1, 0.15) is 12.8 Å². The Morgan fingerprint density at radius 3 is 2.93 bits per heavy atom. The van der Waals surface area contributed by atoms with Gasteiger partial charge in [0.1, 0.15) is 11.2 Å². The van der Waals surface area contributed by atoms with Crippen LogP contribution in [0.25, 0.3) is 0 Å². The summed E-state index contributed by atoms with van der Waals surface area (Å²) in [4.78, 5) is 2.69. The zero-order valence-electron chi connectivity index (χ0n) is 8.70. The Morgan fingerprint density at radius 1 is 1.57 bits per heavy atom. The lowest BCUT2D eigenvalue weighted by molar-refractivity contribution is 1.02. The zero-order chi connectivity index (χ0) is 10.4. The molecule has 0 saturated carbocycles. The molecule has 1 atom stereocenters. The molecule has 0 aromatic heterocycles. The summed E-state index contributed by atoms with van der Waals surface area (Å²) in [5.41, 5.74) is 0. The van der Waals surface area contributed by atoms with Crippen LogP contribution in [0.3, 0.4) is 0 Å². The number of allylic oxidation sites excluding steroid dienone is 7. The molecular formula is C13H17S+. The first-order valence-corrected chi connectivity index (χ1v) is 6.38. The second-order valence-electron chi connectivity index (χ2n) is 3.17. The van der Waals surface area contributed by atoms with Crippen LogP contribution in [0.4, 0.5) is 0 Å². The van der Waals surface area contributed by atoms with Crippen molar-refractivity contribution in [2.24, 2.45) is 0 Å². The monoisotopic (exact) mass is 205 g/mol. The summed E-state index contributed by atoms with van der Waals surface area (Å²) >= 11 is 0. The van der Waals surface area contributed by atoms with Gasteiger partial charge in [0.2, 0.25) is 0 Å². The highest BCUT2D eigenvalue weighted by Crippen LogP contribution is 2.24. The molecule has 0 aliphatic heterocycles. The van der Waals surface area contributed by atoms with E-state index in [1.165, 1.54) is 22.7 Å². The minimum absolute atomic E-state index is 0.178. The molecule has 1 heteroatoms.